The van der Waals surface area contributed by atoms with Gasteiger partial charge >= 0.3 is 72.4 Å². The number of carboxylic acid groups (broad SMARTS) is 1. The van der Waals surface area contributed by atoms with Gasteiger partial charge < -0.3 is 52.0 Å². The monoisotopic (exact) mass is 2010 g/mol. The summed E-state index contributed by atoms with van der Waals surface area (Å²) in [5.74, 6) is -3.93. The largest absolute Gasteiger partial charge is 1.00 e. The van der Waals surface area contributed by atoms with Crippen LogP contribution in [0.15, 0.2) is 181 Å². The van der Waals surface area contributed by atoms with Crippen LogP contribution in [0.3, 0.4) is 0 Å². The summed E-state index contributed by atoms with van der Waals surface area (Å²) in [5, 5.41) is 14.3. The SMILES string of the molecule is CC(=O)CCBr.CC(=O)CCCc1cccc(C(F)(F)F)c1.CC(=O)CCN(C(=O)CCl)c1cccc(C(F)(F)F)c1.CCOC(=O)CCN(C(=O)c1sc2nc(-c3cccs3)ccc2c1N)c1cccc(C(F)(F)F)c1.Nc1c(C(=O)N(CCC(=O)O)c2cccc(C(F)(F)F)c2)sc2nc(-c3cccs3)ccc12.Nc1cccc(C(F)(F)F)c1.O=C(Cl)CCl.[Na+].[OH-]. The molecular weight excluding hydrogens is 1940 g/mol. The number of carbonyl (C=O) groups excluding carboxylic acids is 8. The summed E-state index contributed by atoms with van der Waals surface area (Å²) >= 11 is 23.2. The molecule has 0 aliphatic carbocycles. The van der Waals surface area contributed by atoms with Gasteiger partial charge in [-0.15, -0.1) is 68.5 Å². The number of anilines is 6. The fourth-order valence-electron chi connectivity index (χ4n) is 10.6. The van der Waals surface area contributed by atoms with Crippen LogP contribution in [0.5, 0.6) is 0 Å². The quantitative estimate of drug-likeness (QED) is 0.0103. The van der Waals surface area contributed by atoms with E-state index in [9.17, 15) is 109 Å². The van der Waals surface area contributed by atoms with Crippen molar-refractivity contribution in [1.82, 2.24) is 9.97 Å². The van der Waals surface area contributed by atoms with Crippen LogP contribution >= 0.6 is 96.1 Å². The second-order valence-corrected chi connectivity index (χ2v) is 31.8. The molecule has 684 valence electrons. The van der Waals surface area contributed by atoms with Gasteiger partial charge in [0, 0.05) is 77.7 Å². The number of Topliss-reactive ketones (excluding diaryl/α,β-unsaturated/α-hetero) is 3. The van der Waals surface area contributed by atoms with Crippen molar-refractivity contribution >= 4 is 203 Å². The van der Waals surface area contributed by atoms with Crippen LogP contribution in [0.25, 0.3) is 41.6 Å². The van der Waals surface area contributed by atoms with Gasteiger partial charge in [-0.3, -0.25) is 38.4 Å². The Kier molecular flexibility index (Phi) is 46.5. The minimum atomic E-state index is -4.61. The average Bonchev–Trinajstić information content (AvgIpc) is 1.62. The molecule has 6 heterocycles. The van der Waals surface area contributed by atoms with Gasteiger partial charge in [0.05, 0.1) is 85.7 Å². The number of aliphatic carboxylic acids is 1. The Morgan fingerprint density at radius 1 is 0.469 bits per heavy atom. The predicted molar refractivity (Wildman–Crippen MR) is 468 cm³/mol. The number of hydrogen-bond donors (Lipinski definition) is 4. The average molecular weight is 2010 g/mol. The molecule has 6 aromatic heterocycles. The number of nitrogens with zero attached hydrogens (tertiary/aromatic N) is 5. The number of benzene rings is 5. The molecule has 128 heavy (non-hydrogen) atoms. The first-order valence-corrected chi connectivity index (χ1v) is 42.7. The van der Waals surface area contributed by atoms with E-state index >= 15 is 0 Å². The Morgan fingerprint density at radius 2 is 0.836 bits per heavy atom. The molecule has 0 aliphatic heterocycles. The maximum Gasteiger partial charge on any atom is 1.00 e. The number of nitrogen functional groups attached to an aromatic ring is 3. The van der Waals surface area contributed by atoms with Crippen LogP contribution in [0.4, 0.5) is 100.0 Å². The predicted octanol–water partition coefficient (Wildman–Crippen LogP) is 20.3. The number of thiophene rings is 4. The van der Waals surface area contributed by atoms with Gasteiger partial charge in [-0.05, 0) is 184 Å². The number of ketones is 3. The Labute approximate surface area is 784 Å². The fraction of sp³-hybridized carbons (Fsp3) is 0.274. The molecule has 3 amide bonds. The number of fused-ring (bicyclic) bond motifs is 2. The number of aryl methyl sites for hydroxylation is 1. The third kappa shape index (κ3) is 36.7. The van der Waals surface area contributed by atoms with Crippen molar-refractivity contribution in [2.24, 2.45) is 0 Å². The van der Waals surface area contributed by atoms with E-state index in [0.29, 0.717) is 57.4 Å². The van der Waals surface area contributed by atoms with Crippen molar-refractivity contribution in [2.45, 2.75) is 104 Å². The number of amides is 3. The number of rotatable bonds is 25. The first-order chi connectivity index (χ1) is 59.0. The minimum Gasteiger partial charge on any atom is -0.870 e. The molecule has 11 aromatic rings. The van der Waals surface area contributed by atoms with Crippen molar-refractivity contribution < 1.29 is 154 Å². The maximum atomic E-state index is 13.6. The smallest absolute Gasteiger partial charge is 0.870 e. The fourth-order valence-corrected chi connectivity index (χ4v) is 14.8. The van der Waals surface area contributed by atoms with Crippen LogP contribution in [0.1, 0.15) is 119 Å². The van der Waals surface area contributed by atoms with E-state index in [4.69, 9.17) is 61.8 Å². The summed E-state index contributed by atoms with van der Waals surface area (Å²) in [6.45, 7) is 5.70. The summed E-state index contributed by atoms with van der Waals surface area (Å²) in [5.41, 5.74) is 16.1. The van der Waals surface area contributed by atoms with Crippen molar-refractivity contribution in [1.29, 1.82) is 0 Å². The van der Waals surface area contributed by atoms with E-state index in [2.05, 4.69) is 25.9 Å². The zero-order valence-corrected chi connectivity index (χ0v) is 77.1. The molecule has 0 saturated carbocycles. The number of aromatic nitrogens is 2. The molecule has 44 heteroatoms. The van der Waals surface area contributed by atoms with E-state index in [1.54, 1.807) is 44.2 Å². The molecule has 0 fully saturated rings. The molecule has 8 N–H and O–H groups in total. The number of nitrogens with two attached hydrogens (primary N) is 3. The first-order valence-electron chi connectivity index (χ1n) is 36.8. The number of hydrogen-bond acceptors (Lipinski definition) is 20. The number of halogens is 19. The second kappa shape index (κ2) is 52.9. The summed E-state index contributed by atoms with van der Waals surface area (Å²) in [6.07, 6.45) is -20.7. The summed E-state index contributed by atoms with van der Waals surface area (Å²) in [7, 11) is 0. The van der Waals surface area contributed by atoms with Crippen molar-refractivity contribution in [3.8, 4) is 21.1 Å². The third-order valence-corrected chi connectivity index (χ3v) is 21.7. The van der Waals surface area contributed by atoms with Gasteiger partial charge in [-0.25, -0.2) is 9.97 Å². The molecule has 0 aliphatic rings. The molecular formula is C84H78BrCl3F15N8NaO12S4. The van der Waals surface area contributed by atoms with Gasteiger partial charge in [-0.1, -0.05) is 70.5 Å². The normalized spacial score (nSPS) is 11.0. The molecule has 0 bridgehead atoms. The number of carbonyl (C=O) groups is 9. The van der Waals surface area contributed by atoms with E-state index in [1.165, 1.54) is 91.1 Å². The topological polar surface area (TPSA) is 327 Å². The molecule has 5 aromatic carbocycles. The van der Waals surface area contributed by atoms with E-state index in [1.807, 2.05) is 35.0 Å². The maximum absolute atomic E-state index is 13.6. The van der Waals surface area contributed by atoms with Crippen LogP contribution in [0, 0.1) is 0 Å². The molecule has 0 radical (unpaired) electrons. The van der Waals surface area contributed by atoms with Crippen LogP contribution in [-0.4, -0.2) is 116 Å². The summed E-state index contributed by atoms with van der Waals surface area (Å²) in [6, 6.07) is 37.5. The molecule has 0 atom stereocenters. The van der Waals surface area contributed by atoms with Crippen molar-refractivity contribution in [3.05, 3.63) is 224 Å². The van der Waals surface area contributed by atoms with E-state index in [-0.39, 0.29) is 147 Å². The van der Waals surface area contributed by atoms with E-state index in [0.717, 1.165) is 119 Å². The van der Waals surface area contributed by atoms with Gasteiger partial charge in [0.1, 0.15) is 42.6 Å². The van der Waals surface area contributed by atoms with Gasteiger partial charge in [0.25, 0.3) is 11.8 Å². The van der Waals surface area contributed by atoms with Crippen LogP contribution in [0.2, 0.25) is 0 Å². The molecule has 20 nitrogen and oxygen atoms in total. The summed E-state index contributed by atoms with van der Waals surface area (Å²) in [4.78, 5) is 118. The van der Waals surface area contributed by atoms with Gasteiger partial charge in [0.15, 0.2) is 0 Å². The number of alkyl halides is 18. The first kappa shape index (κ1) is 113. The zero-order chi connectivity index (χ0) is 94.2. The second-order valence-electron chi connectivity index (χ2n) is 26.1. The zero-order valence-electron chi connectivity index (χ0n) is 68.0. The molecule has 0 unspecified atom stereocenters. The molecule has 0 spiro atoms. The number of esters is 1. The Bertz CT molecular complexity index is 5520. The Balaban J connectivity index is 0.000000417. The number of ether oxygens (including phenoxy) is 1. The third-order valence-electron chi connectivity index (χ3n) is 16.6. The molecule has 0 saturated heterocycles. The minimum absolute atomic E-state index is 0. The van der Waals surface area contributed by atoms with E-state index < -0.39 is 100 Å². The molecule has 11 rings (SSSR count). The van der Waals surface area contributed by atoms with Crippen molar-refractivity contribution in [2.75, 3.05) is 75.2 Å². The van der Waals surface area contributed by atoms with Crippen LogP contribution < -0.4 is 61.5 Å². The Hall–Kier alpha value is -9.59. The van der Waals surface area contributed by atoms with Crippen LogP contribution in [-0.2, 0) is 75.6 Å². The van der Waals surface area contributed by atoms with Gasteiger partial charge in [0.2, 0.25) is 11.1 Å². The number of pyridine rings is 2. The number of carboxylic acids is 1. The van der Waals surface area contributed by atoms with Gasteiger partial charge in [-0.2, -0.15) is 65.9 Å². The van der Waals surface area contributed by atoms with Crippen molar-refractivity contribution in [3.63, 3.8) is 0 Å². The Morgan fingerprint density at radius 3 is 1.16 bits per heavy atom. The standard InChI is InChI=1S/C24H20F3N3O3S2.C22H16F3N3O3S2.C13H13ClF3NO2.C12H13F3O.C7H6F3N.C4H7BrO.C2H2Cl2O.Na.H2O/c1-2-33-19(31)10-11-30(15-6-3-5-14(13-15)24(25,26)27)23(32)21-20(28)16-8-9-17(29-22(16)35-21)18-7-4-12-34-18;23-22(24,25)12-3-1-4-13(11-12)28(9-8-17(29)30)21(31)19-18(26)14-6-7-15(27-20(14)33-19)16-5-2-10-32-16;1-9(19)5-6-18(12(20)8-14)11-4-2-3-10(7-11)13(15,16)17;1-9(16)4-2-5-10-6-3-7-11(8-10)12(13,14)15;8-7(9,10)5-2-1-3-6(11)4-5;1-4(6)2-3-5;3-1-2(4)5;;/h3-9,12-13H,2,10-11,28H2,1H3;1-7,10-11H,8-9,26H2,(H,29,30);2-4,7H,5-6,8H2,1H3;3,6-8H,2,4-5H2,1H3;1-4H,11H2;2-3H2,1H3;1H2;;1H2/q;;;;;;;+1;/p-1. The summed E-state index contributed by atoms with van der Waals surface area (Å²) < 4.78 is 195.